The number of anilines is 1. The molecule has 0 unspecified atom stereocenters. The fourth-order valence-electron chi connectivity index (χ4n) is 3.75. The molecule has 0 saturated carbocycles. The number of aromatic nitrogens is 1. The predicted molar refractivity (Wildman–Crippen MR) is 115 cm³/mol. The molecular weight excluding hydrogens is 459 g/mol. The molecule has 2 heterocycles. The summed E-state index contributed by atoms with van der Waals surface area (Å²) in [5.41, 5.74) is -1.58. The van der Waals surface area contributed by atoms with E-state index in [9.17, 15) is 31.5 Å². The molecule has 1 aliphatic rings. The Kier molecular flexibility index (Phi) is 7.73. The maximum absolute atomic E-state index is 13.9. The molecule has 1 fully saturated rings. The van der Waals surface area contributed by atoms with E-state index in [4.69, 9.17) is 0 Å². The summed E-state index contributed by atoms with van der Waals surface area (Å²) in [5.74, 6) is -3.49. The number of halogens is 5. The Morgan fingerprint density at radius 1 is 1.06 bits per heavy atom. The van der Waals surface area contributed by atoms with Crippen LogP contribution in [0, 0.1) is 17.6 Å². The Morgan fingerprint density at radius 2 is 1.68 bits per heavy atom. The molecular formula is C23H25F5N4O2. The van der Waals surface area contributed by atoms with Crippen LogP contribution in [0.2, 0.25) is 0 Å². The van der Waals surface area contributed by atoms with Gasteiger partial charge in [0.1, 0.15) is 29.1 Å². The van der Waals surface area contributed by atoms with Gasteiger partial charge in [-0.2, -0.15) is 13.2 Å². The van der Waals surface area contributed by atoms with Crippen molar-refractivity contribution in [1.29, 1.82) is 0 Å². The van der Waals surface area contributed by atoms with Crippen LogP contribution >= 0.6 is 0 Å². The number of nitrogens with one attached hydrogen (secondary N) is 2. The lowest BCUT2D eigenvalue weighted by Gasteiger charge is -2.34. The molecule has 0 radical (unpaired) electrons. The van der Waals surface area contributed by atoms with Crippen molar-refractivity contribution in [3.63, 3.8) is 0 Å². The number of pyridine rings is 1. The molecule has 184 valence electrons. The van der Waals surface area contributed by atoms with Gasteiger partial charge in [0.25, 0.3) is 5.91 Å². The van der Waals surface area contributed by atoms with E-state index in [1.54, 1.807) is 13.8 Å². The fraction of sp³-hybridized carbons (Fsp3) is 0.435. The van der Waals surface area contributed by atoms with Crippen molar-refractivity contribution in [2.45, 2.75) is 44.9 Å². The van der Waals surface area contributed by atoms with Crippen molar-refractivity contribution >= 4 is 17.6 Å². The van der Waals surface area contributed by atoms with E-state index in [1.165, 1.54) is 6.07 Å². The van der Waals surface area contributed by atoms with E-state index in [-0.39, 0.29) is 12.0 Å². The molecule has 0 bridgehead atoms. The average molecular weight is 484 g/mol. The molecule has 2 N–H and O–H groups in total. The van der Waals surface area contributed by atoms with Gasteiger partial charge in [0.2, 0.25) is 5.91 Å². The van der Waals surface area contributed by atoms with Gasteiger partial charge in [0.05, 0.1) is 5.56 Å². The molecule has 0 aliphatic carbocycles. The summed E-state index contributed by atoms with van der Waals surface area (Å²) in [4.78, 5) is 31.0. The third kappa shape index (κ3) is 6.00. The van der Waals surface area contributed by atoms with Crippen molar-refractivity contribution < 1.29 is 31.5 Å². The number of nitrogens with zero attached hydrogens (tertiary/aromatic N) is 2. The SMILES string of the molecule is CC(C)[C@H](NC(=O)c1c(F)cccc1F)C(=O)NC1CCN(c2ccc(C(F)(F)F)cn2)CC1. The smallest absolute Gasteiger partial charge is 0.356 e. The van der Waals surface area contributed by atoms with E-state index in [0.29, 0.717) is 31.7 Å². The van der Waals surface area contributed by atoms with Crippen LogP contribution in [0.4, 0.5) is 27.8 Å². The largest absolute Gasteiger partial charge is 0.417 e. The van der Waals surface area contributed by atoms with Gasteiger partial charge >= 0.3 is 6.18 Å². The van der Waals surface area contributed by atoms with Crippen LogP contribution < -0.4 is 15.5 Å². The second kappa shape index (κ2) is 10.4. The Balaban J connectivity index is 1.57. The van der Waals surface area contributed by atoms with Crippen LogP contribution in [0.1, 0.15) is 42.6 Å². The third-order valence-corrected chi connectivity index (χ3v) is 5.67. The summed E-state index contributed by atoms with van der Waals surface area (Å²) in [6.45, 7) is 4.31. The van der Waals surface area contributed by atoms with Crippen molar-refractivity contribution in [2.75, 3.05) is 18.0 Å². The molecule has 6 nitrogen and oxygen atoms in total. The topological polar surface area (TPSA) is 74.3 Å². The highest BCUT2D eigenvalue weighted by Gasteiger charge is 2.32. The predicted octanol–water partition coefficient (Wildman–Crippen LogP) is 3.92. The highest BCUT2D eigenvalue weighted by atomic mass is 19.4. The first-order valence-corrected chi connectivity index (χ1v) is 10.8. The van der Waals surface area contributed by atoms with Crippen molar-refractivity contribution in [3.8, 4) is 0 Å². The van der Waals surface area contributed by atoms with Crippen LogP contribution in [0.15, 0.2) is 36.5 Å². The molecule has 1 aliphatic heterocycles. The van der Waals surface area contributed by atoms with Gasteiger partial charge in [-0.1, -0.05) is 19.9 Å². The number of carbonyl (C=O) groups excluding carboxylic acids is 2. The molecule has 3 rings (SSSR count). The monoisotopic (exact) mass is 484 g/mol. The maximum Gasteiger partial charge on any atom is 0.417 e. The number of alkyl halides is 3. The Morgan fingerprint density at radius 3 is 2.18 bits per heavy atom. The average Bonchev–Trinajstić information content (AvgIpc) is 2.77. The van der Waals surface area contributed by atoms with Crippen molar-refractivity contribution in [3.05, 3.63) is 59.3 Å². The van der Waals surface area contributed by atoms with Crippen LogP contribution in [-0.2, 0) is 11.0 Å². The first-order chi connectivity index (χ1) is 16.0. The zero-order valence-electron chi connectivity index (χ0n) is 18.6. The summed E-state index contributed by atoms with van der Waals surface area (Å²) >= 11 is 0. The highest BCUT2D eigenvalue weighted by Crippen LogP contribution is 2.29. The van der Waals surface area contributed by atoms with Crippen molar-refractivity contribution in [1.82, 2.24) is 15.6 Å². The molecule has 1 aromatic heterocycles. The van der Waals surface area contributed by atoms with Gasteiger partial charge < -0.3 is 15.5 Å². The van der Waals surface area contributed by atoms with Crippen LogP contribution in [0.3, 0.4) is 0 Å². The maximum atomic E-state index is 13.9. The lowest BCUT2D eigenvalue weighted by atomic mass is 10.00. The lowest BCUT2D eigenvalue weighted by Crippen LogP contribution is -2.54. The van der Waals surface area contributed by atoms with Crippen LogP contribution in [-0.4, -0.2) is 42.0 Å². The molecule has 1 atom stereocenters. The second-order valence-electron chi connectivity index (χ2n) is 8.46. The quantitative estimate of drug-likeness (QED) is 0.610. The van der Waals surface area contributed by atoms with E-state index < -0.39 is 46.8 Å². The summed E-state index contributed by atoms with van der Waals surface area (Å²) in [5, 5.41) is 5.26. The number of benzene rings is 1. The van der Waals surface area contributed by atoms with E-state index in [0.717, 1.165) is 30.5 Å². The summed E-state index contributed by atoms with van der Waals surface area (Å²) < 4.78 is 66.0. The zero-order chi connectivity index (χ0) is 25.0. The number of hydrogen-bond acceptors (Lipinski definition) is 4. The first kappa shape index (κ1) is 25.4. The van der Waals surface area contributed by atoms with Gasteiger partial charge in [0.15, 0.2) is 0 Å². The van der Waals surface area contributed by atoms with Crippen LogP contribution in [0.5, 0.6) is 0 Å². The first-order valence-electron chi connectivity index (χ1n) is 10.8. The van der Waals surface area contributed by atoms with E-state index >= 15 is 0 Å². The van der Waals surface area contributed by atoms with Gasteiger partial charge in [0, 0.05) is 25.3 Å². The summed E-state index contributed by atoms with van der Waals surface area (Å²) in [6, 6.07) is 4.10. The zero-order valence-corrected chi connectivity index (χ0v) is 18.6. The normalized spacial score (nSPS) is 15.8. The lowest BCUT2D eigenvalue weighted by molar-refractivity contribution is -0.137. The standard InChI is InChI=1S/C23H25F5N4O2/c1-13(2)20(31-21(33)19-16(24)4-3-5-17(19)25)22(34)30-15-8-10-32(11-9-15)18-7-6-14(12-29-18)23(26,27)28/h3-7,12-13,15,20H,8-11H2,1-2H3,(H,30,34)(H,31,33)/t20-/m0/s1. The molecule has 1 saturated heterocycles. The molecule has 34 heavy (non-hydrogen) atoms. The number of hydrogen-bond donors (Lipinski definition) is 2. The van der Waals surface area contributed by atoms with E-state index in [2.05, 4.69) is 15.6 Å². The molecule has 2 amide bonds. The number of carbonyl (C=O) groups is 2. The van der Waals surface area contributed by atoms with Gasteiger partial charge in [-0.15, -0.1) is 0 Å². The van der Waals surface area contributed by atoms with Gasteiger partial charge in [-0.3, -0.25) is 9.59 Å². The number of rotatable bonds is 6. The molecule has 0 spiro atoms. The Hall–Kier alpha value is -3.24. The molecule has 11 heteroatoms. The number of amides is 2. The molecule has 2 aromatic rings. The molecule has 1 aromatic carbocycles. The van der Waals surface area contributed by atoms with E-state index in [1.807, 2.05) is 4.90 Å². The van der Waals surface area contributed by atoms with Crippen LogP contribution in [0.25, 0.3) is 0 Å². The summed E-state index contributed by atoms with van der Waals surface area (Å²) in [6.07, 6.45) is -2.65. The van der Waals surface area contributed by atoms with Crippen molar-refractivity contribution in [2.24, 2.45) is 5.92 Å². The van der Waals surface area contributed by atoms with Gasteiger partial charge in [-0.25, -0.2) is 13.8 Å². The summed E-state index contributed by atoms with van der Waals surface area (Å²) in [7, 11) is 0. The minimum atomic E-state index is -4.46. The Labute approximate surface area is 193 Å². The highest BCUT2D eigenvalue weighted by molar-refractivity contribution is 5.98. The fourth-order valence-corrected chi connectivity index (χ4v) is 3.75. The minimum Gasteiger partial charge on any atom is -0.356 e. The number of piperidine rings is 1. The van der Waals surface area contributed by atoms with Gasteiger partial charge in [-0.05, 0) is 43.0 Å². The Bertz CT molecular complexity index is 999. The second-order valence-corrected chi connectivity index (χ2v) is 8.46. The third-order valence-electron chi connectivity index (χ3n) is 5.67. The minimum absolute atomic E-state index is 0.235.